The quantitative estimate of drug-likeness (QED) is 0.831. The van der Waals surface area contributed by atoms with Crippen molar-refractivity contribution in [3.05, 3.63) is 42.1 Å². The van der Waals surface area contributed by atoms with E-state index in [9.17, 15) is 5.11 Å². The maximum atomic E-state index is 11.3. The van der Waals surface area contributed by atoms with Crippen LogP contribution in [0.2, 0.25) is 0 Å². The van der Waals surface area contributed by atoms with Crippen molar-refractivity contribution in [1.82, 2.24) is 4.98 Å². The average Bonchev–Trinajstić information content (AvgIpc) is 2.99. The first-order valence-corrected chi connectivity index (χ1v) is 8.28. The van der Waals surface area contributed by atoms with E-state index in [1.54, 1.807) is 0 Å². The molecule has 2 aliphatic rings. The predicted octanol–water partition coefficient (Wildman–Crippen LogP) is 4.56. The van der Waals surface area contributed by atoms with Gasteiger partial charge in [0.15, 0.2) is 0 Å². The molecule has 1 aromatic carbocycles. The van der Waals surface area contributed by atoms with Crippen molar-refractivity contribution in [2.45, 2.75) is 57.0 Å². The molecule has 1 N–H and O–H groups in total. The Hall–Kier alpha value is -1.41. The van der Waals surface area contributed by atoms with Crippen LogP contribution in [-0.2, 0) is 5.60 Å². The molecule has 0 unspecified atom stereocenters. The van der Waals surface area contributed by atoms with Crippen LogP contribution in [0.25, 0.3) is 10.9 Å². The van der Waals surface area contributed by atoms with Gasteiger partial charge in [0.2, 0.25) is 0 Å². The van der Waals surface area contributed by atoms with Crippen LogP contribution in [0, 0.1) is 5.41 Å². The minimum Gasteiger partial charge on any atom is -0.385 e. The molecule has 0 saturated heterocycles. The third-order valence-electron chi connectivity index (χ3n) is 5.95. The molecule has 2 aliphatic carbocycles. The van der Waals surface area contributed by atoms with Gasteiger partial charge >= 0.3 is 0 Å². The smallest absolute Gasteiger partial charge is 0.0903 e. The second-order valence-corrected chi connectivity index (χ2v) is 7.11. The molecule has 2 heteroatoms. The molecule has 1 heterocycles. The Morgan fingerprint density at radius 1 is 0.857 bits per heavy atom. The molecule has 110 valence electrons. The second kappa shape index (κ2) is 4.81. The number of hydrogen-bond acceptors (Lipinski definition) is 2. The van der Waals surface area contributed by atoms with Crippen LogP contribution in [0.15, 0.2) is 36.5 Å². The highest BCUT2D eigenvalue weighted by atomic mass is 16.3. The second-order valence-electron chi connectivity index (χ2n) is 7.11. The van der Waals surface area contributed by atoms with Crippen LogP contribution >= 0.6 is 0 Å². The highest BCUT2D eigenvalue weighted by molar-refractivity contribution is 5.82. The van der Waals surface area contributed by atoms with Gasteiger partial charge in [-0.3, -0.25) is 4.98 Å². The van der Waals surface area contributed by atoms with Crippen LogP contribution in [0.4, 0.5) is 0 Å². The SMILES string of the molecule is OC1(c2cccc3ncccc23)CCC2(CCCC2)CC1. The summed E-state index contributed by atoms with van der Waals surface area (Å²) in [4.78, 5) is 4.43. The van der Waals surface area contributed by atoms with Crippen molar-refractivity contribution < 1.29 is 5.11 Å². The largest absolute Gasteiger partial charge is 0.385 e. The molecule has 2 saturated carbocycles. The zero-order valence-electron chi connectivity index (χ0n) is 12.5. The highest BCUT2D eigenvalue weighted by Gasteiger charge is 2.44. The first kappa shape index (κ1) is 13.3. The van der Waals surface area contributed by atoms with Crippen LogP contribution in [0.3, 0.4) is 0 Å². The fraction of sp³-hybridized carbons (Fsp3) is 0.526. The molecule has 0 amide bonds. The van der Waals surface area contributed by atoms with Crippen molar-refractivity contribution in [1.29, 1.82) is 0 Å². The van der Waals surface area contributed by atoms with Gasteiger partial charge in [-0.15, -0.1) is 0 Å². The van der Waals surface area contributed by atoms with E-state index in [-0.39, 0.29) is 0 Å². The Morgan fingerprint density at radius 3 is 2.38 bits per heavy atom. The predicted molar refractivity (Wildman–Crippen MR) is 85.0 cm³/mol. The van der Waals surface area contributed by atoms with Crippen LogP contribution in [-0.4, -0.2) is 10.1 Å². The summed E-state index contributed by atoms with van der Waals surface area (Å²) in [5.41, 5.74) is 1.97. The maximum Gasteiger partial charge on any atom is 0.0903 e. The summed E-state index contributed by atoms with van der Waals surface area (Å²) in [7, 11) is 0. The Kier molecular flexibility index (Phi) is 3.04. The summed E-state index contributed by atoms with van der Waals surface area (Å²) in [6.45, 7) is 0. The fourth-order valence-electron chi connectivity index (χ4n) is 4.60. The summed E-state index contributed by atoms with van der Waals surface area (Å²) >= 11 is 0. The summed E-state index contributed by atoms with van der Waals surface area (Å²) < 4.78 is 0. The zero-order chi connectivity index (χ0) is 14.3. The number of hydrogen-bond donors (Lipinski definition) is 1. The van der Waals surface area contributed by atoms with E-state index in [0.717, 1.165) is 29.3 Å². The van der Waals surface area contributed by atoms with E-state index < -0.39 is 5.60 Å². The number of aliphatic hydroxyl groups is 1. The van der Waals surface area contributed by atoms with Crippen molar-refractivity contribution in [2.75, 3.05) is 0 Å². The fourth-order valence-corrected chi connectivity index (χ4v) is 4.60. The molecule has 21 heavy (non-hydrogen) atoms. The van der Waals surface area contributed by atoms with E-state index >= 15 is 0 Å². The van der Waals surface area contributed by atoms with Crippen molar-refractivity contribution in [2.24, 2.45) is 5.41 Å². The number of nitrogens with zero attached hydrogens (tertiary/aromatic N) is 1. The lowest BCUT2D eigenvalue weighted by Gasteiger charge is -2.42. The lowest BCUT2D eigenvalue weighted by Crippen LogP contribution is -2.36. The van der Waals surface area contributed by atoms with E-state index in [1.807, 2.05) is 24.4 Å². The summed E-state index contributed by atoms with van der Waals surface area (Å²) in [5.74, 6) is 0. The van der Waals surface area contributed by atoms with Gasteiger partial charge in [0.05, 0.1) is 11.1 Å². The van der Waals surface area contributed by atoms with Gasteiger partial charge in [-0.25, -0.2) is 0 Å². The minimum absolute atomic E-state index is 0.551. The molecular weight excluding hydrogens is 258 g/mol. The van der Waals surface area contributed by atoms with Crippen LogP contribution in [0.1, 0.15) is 56.9 Å². The number of aromatic nitrogens is 1. The van der Waals surface area contributed by atoms with Crippen molar-refractivity contribution >= 4 is 10.9 Å². The van der Waals surface area contributed by atoms with Crippen molar-refractivity contribution in [3.8, 4) is 0 Å². The van der Waals surface area contributed by atoms with Gasteiger partial charge in [0.25, 0.3) is 0 Å². The maximum absolute atomic E-state index is 11.3. The molecule has 0 bridgehead atoms. The Bertz CT molecular complexity index is 642. The highest BCUT2D eigenvalue weighted by Crippen LogP contribution is 2.54. The molecule has 2 aromatic rings. The molecular formula is C19H23NO. The van der Waals surface area contributed by atoms with Gasteiger partial charge in [-0.05, 0) is 61.6 Å². The molecule has 1 spiro atoms. The summed E-state index contributed by atoms with van der Waals surface area (Å²) in [5, 5.41) is 12.4. The molecule has 0 radical (unpaired) electrons. The zero-order valence-corrected chi connectivity index (χ0v) is 12.5. The molecule has 0 aliphatic heterocycles. The van der Waals surface area contributed by atoms with Crippen molar-refractivity contribution in [3.63, 3.8) is 0 Å². The lowest BCUT2D eigenvalue weighted by atomic mass is 9.65. The van der Waals surface area contributed by atoms with Gasteiger partial charge in [-0.1, -0.05) is 31.0 Å². The minimum atomic E-state index is -0.656. The third-order valence-corrected chi connectivity index (χ3v) is 5.95. The van der Waals surface area contributed by atoms with Crippen LogP contribution < -0.4 is 0 Å². The topological polar surface area (TPSA) is 33.1 Å². The normalized spacial score (nSPS) is 23.7. The molecule has 2 fully saturated rings. The number of fused-ring (bicyclic) bond motifs is 1. The first-order chi connectivity index (χ1) is 10.2. The molecule has 0 atom stereocenters. The van der Waals surface area contributed by atoms with Crippen LogP contribution in [0.5, 0.6) is 0 Å². The van der Waals surface area contributed by atoms with Gasteiger partial charge in [0.1, 0.15) is 0 Å². The standard InChI is InChI=1S/C19H23NO/c21-19(12-10-18(11-13-19)8-1-2-9-18)16-6-3-7-17-15(16)5-4-14-20-17/h3-7,14,21H,1-2,8-13H2. The first-order valence-electron chi connectivity index (χ1n) is 8.28. The number of pyridine rings is 1. The number of rotatable bonds is 1. The molecule has 4 rings (SSSR count). The van der Waals surface area contributed by atoms with E-state index in [2.05, 4.69) is 17.1 Å². The molecule has 1 aromatic heterocycles. The Morgan fingerprint density at radius 2 is 1.62 bits per heavy atom. The monoisotopic (exact) mass is 281 g/mol. The van der Waals surface area contributed by atoms with Gasteiger partial charge in [0, 0.05) is 11.6 Å². The third kappa shape index (κ3) is 2.17. The Balaban J connectivity index is 1.69. The van der Waals surface area contributed by atoms with E-state index in [0.29, 0.717) is 5.41 Å². The lowest BCUT2D eigenvalue weighted by molar-refractivity contribution is -0.0365. The molecule has 2 nitrogen and oxygen atoms in total. The average molecular weight is 281 g/mol. The van der Waals surface area contributed by atoms with Gasteiger partial charge < -0.3 is 5.11 Å². The van der Waals surface area contributed by atoms with Gasteiger partial charge in [-0.2, -0.15) is 0 Å². The summed E-state index contributed by atoms with van der Waals surface area (Å²) in [6, 6.07) is 10.2. The van der Waals surface area contributed by atoms with E-state index in [1.165, 1.54) is 38.5 Å². The van der Waals surface area contributed by atoms with E-state index in [4.69, 9.17) is 0 Å². The summed E-state index contributed by atoms with van der Waals surface area (Å²) in [6.07, 6.45) is 11.5. The number of benzene rings is 1. The Labute approximate surface area is 126 Å².